The highest BCUT2D eigenvalue weighted by molar-refractivity contribution is 5.90. The third kappa shape index (κ3) is 2.74. The molecule has 1 saturated carbocycles. The minimum Gasteiger partial charge on any atom is -0.337 e. The largest absolute Gasteiger partial charge is 0.337 e. The van der Waals surface area contributed by atoms with Gasteiger partial charge < -0.3 is 15.5 Å². The van der Waals surface area contributed by atoms with E-state index in [0.29, 0.717) is 30.6 Å². The van der Waals surface area contributed by atoms with Crippen molar-refractivity contribution >= 4 is 17.6 Å². The Morgan fingerprint density at radius 2 is 2.30 bits per heavy atom. The van der Waals surface area contributed by atoms with Gasteiger partial charge >= 0.3 is 6.03 Å². The quantitative estimate of drug-likeness (QED) is 0.870. The second-order valence-corrected chi connectivity index (χ2v) is 5.57. The van der Waals surface area contributed by atoms with E-state index < -0.39 is 0 Å². The molecule has 0 aromatic carbocycles. The van der Waals surface area contributed by atoms with Gasteiger partial charge in [0.1, 0.15) is 0 Å². The summed E-state index contributed by atoms with van der Waals surface area (Å²) in [6, 6.07) is 3.51. The van der Waals surface area contributed by atoms with E-state index in [2.05, 4.69) is 22.5 Å². The van der Waals surface area contributed by atoms with Crippen molar-refractivity contribution in [2.75, 3.05) is 11.9 Å². The highest BCUT2D eigenvalue weighted by Crippen LogP contribution is 2.37. The fourth-order valence-corrected chi connectivity index (χ4v) is 2.67. The van der Waals surface area contributed by atoms with Gasteiger partial charge in [0.15, 0.2) is 0 Å². The summed E-state index contributed by atoms with van der Waals surface area (Å²) in [6.07, 6.45) is 4.70. The Balaban J connectivity index is 1.51. The highest BCUT2D eigenvalue weighted by atomic mass is 16.2. The maximum absolute atomic E-state index is 11.9. The molecule has 1 aliphatic carbocycles. The standard InChI is InChI=1S/C14H18N4O2/c1-9-5-12(9)18-8-11(6-13(18)19)17-14(20)16-10-3-2-4-15-7-10/h2-4,7,9,11-12H,5-6,8H2,1H3,(H2,16,17,20). The molecule has 1 aliphatic heterocycles. The molecule has 0 radical (unpaired) electrons. The fourth-order valence-electron chi connectivity index (χ4n) is 2.67. The zero-order valence-electron chi connectivity index (χ0n) is 11.4. The van der Waals surface area contributed by atoms with Gasteiger partial charge in [0.25, 0.3) is 0 Å². The summed E-state index contributed by atoms with van der Waals surface area (Å²) in [4.78, 5) is 29.6. The summed E-state index contributed by atoms with van der Waals surface area (Å²) in [6.45, 7) is 2.77. The van der Waals surface area contributed by atoms with Gasteiger partial charge in [-0.05, 0) is 24.5 Å². The first-order chi connectivity index (χ1) is 9.63. The van der Waals surface area contributed by atoms with Crippen molar-refractivity contribution in [2.24, 2.45) is 5.92 Å². The number of aromatic nitrogens is 1. The molecule has 6 nitrogen and oxygen atoms in total. The van der Waals surface area contributed by atoms with Crippen LogP contribution in [0.25, 0.3) is 0 Å². The molecule has 1 aromatic heterocycles. The predicted octanol–water partition coefficient (Wildman–Crippen LogP) is 1.21. The number of hydrogen-bond acceptors (Lipinski definition) is 3. The van der Waals surface area contributed by atoms with E-state index in [4.69, 9.17) is 0 Å². The lowest BCUT2D eigenvalue weighted by molar-refractivity contribution is -0.128. The molecule has 2 heterocycles. The number of likely N-dealkylation sites (tertiary alicyclic amines) is 1. The fraction of sp³-hybridized carbons (Fsp3) is 0.500. The van der Waals surface area contributed by atoms with Crippen LogP contribution in [0.3, 0.4) is 0 Å². The number of urea groups is 1. The van der Waals surface area contributed by atoms with Crippen LogP contribution in [0.5, 0.6) is 0 Å². The van der Waals surface area contributed by atoms with Crippen LogP contribution in [-0.4, -0.2) is 40.5 Å². The summed E-state index contributed by atoms with van der Waals surface area (Å²) >= 11 is 0. The van der Waals surface area contributed by atoms with Gasteiger partial charge in [-0.15, -0.1) is 0 Å². The van der Waals surface area contributed by atoms with E-state index in [9.17, 15) is 9.59 Å². The summed E-state index contributed by atoms with van der Waals surface area (Å²) in [5.41, 5.74) is 0.641. The third-order valence-corrected chi connectivity index (χ3v) is 3.88. The predicted molar refractivity (Wildman–Crippen MR) is 74.1 cm³/mol. The Kier molecular flexibility index (Phi) is 3.30. The summed E-state index contributed by atoms with van der Waals surface area (Å²) < 4.78 is 0. The van der Waals surface area contributed by atoms with Crippen LogP contribution in [0.2, 0.25) is 0 Å². The topological polar surface area (TPSA) is 74.3 Å². The van der Waals surface area contributed by atoms with Gasteiger partial charge in [-0.2, -0.15) is 0 Å². The Bertz CT molecular complexity index is 519. The van der Waals surface area contributed by atoms with Crippen LogP contribution in [0.15, 0.2) is 24.5 Å². The molecule has 0 bridgehead atoms. The maximum Gasteiger partial charge on any atom is 0.319 e. The van der Waals surface area contributed by atoms with E-state index in [1.54, 1.807) is 24.5 Å². The van der Waals surface area contributed by atoms with E-state index in [-0.39, 0.29) is 18.0 Å². The molecular formula is C14H18N4O2. The highest BCUT2D eigenvalue weighted by Gasteiger charge is 2.44. The van der Waals surface area contributed by atoms with Crippen LogP contribution < -0.4 is 10.6 Å². The molecule has 3 unspecified atom stereocenters. The zero-order chi connectivity index (χ0) is 14.1. The van der Waals surface area contributed by atoms with Gasteiger partial charge in [-0.25, -0.2) is 4.79 Å². The Labute approximate surface area is 117 Å². The number of rotatable bonds is 3. The smallest absolute Gasteiger partial charge is 0.319 e. The first-order valence-corrected chi connectivity index (χ1v) is 6.90. The molecule has 2 fully saturated rings. The second kappa shape index (κ2) is 5.11. The lowest BCUT2D eigenvalue weighted by Gasteiger charge is -2.17. The number of nitrogens with zero attached hydrogens (tertiary/aromatic N) is 2. The average Bonchev–Trinajstić information content (AvgIpc) is 3.02. The zero-order valence-corrected chi connectivity index (χ0v) is 11.4. The van der Waals surface area contributed by atoms with Gasteiger partial charge in [-0.3, -0.25) is 9.78 Å². The van der Waals surface area contributed by atoms with E-state index in [1.807, 2.05) is 4.90 Å². The minimum absolute atomic E-state index is 0.105. The van der Waals surface area contributed by atoms with Crippen molar-refractivity contribution in [1.29, 1.82) is 0 Å². The first-order valence-electron chi connectivity index (χ1n) is 6.90. The van der Waals surface area contributed by atoms with Crippen LogP contribution in [0, 0.1) is 5.92 Å². The summed E-state index contributed by atoms with van der Waals surface area (Å²) in [5, 5.41) is 5.55. The molecule has 2 N–H and O–H groups in total. The molecule has 6 heteroatoms. The summed E-state index contributed by atoms with van der Waals surface area (Å²) in [5.74, 6) is 0.743. The van der Waals surface area contributed by atoms with Crippen LogP contribution in [0.1, 0.15) is 19.8 Å². The van der Waals surface area contributed by atoms with Gasteiger partial charge in [0.2, 0.25) is 5.91 Å². The van der Waals surface area contributed by atoms with Crippen molar-refractivity contribution in [2.45, 2.75) is 31.8 Å². The molecule has 3 atom stereocenters. The normalized spacial score (nSPS) is 28.4. The molecule has 3 rings (SSSR count). The number of nitrogens with one attached hydrogen (secondary N) is 2. The monoisotopic (exact) mass is 274 g/mol. The Morgan fingerprint density at radius 1 is 1.50 bits per heavy atom. The van der Waals surface area contributed by atoms with Crippen molar-refractivity contribution in [3.63, 3.8) is 0 Å². The van der Waals surface area contributed by atoms with Gasteiger partial charge in [-0.1, -0.05) is 6.92 Å². The van der Waals surface area contributed by atoms with Crippen molar-refractivity contribution in [3.8, 4) is 0 Å². The third-order valence-electron chi connectivity index (χ3n) is 3.88. The van der Waals surface area contributed by atoms with Crippen LogP contribution >= 0.6 is 0 Å². The van der Waals surface area contributed by atoms with E-state index in [1.165, 1.54) is 0 Å². The van der Waals surface area contributed by atoms with Crippen molar-refractivity contribution in [1.82, 2.24) is 15.2 Å². The van der Waals surface area contributed by atoms with E-state index in [0.717, 1.165) is 6.42 Å². The summed E-state index contributed by atoms with van der Waals surface area (Å²) in [7, 11) is 0. The Hall–Kier alpha value is -2.11. The number of carbonyl (C=O) groups excluding carboxylic acids is 2. The average molecular weight is 274 g/mol. The number of pyridine rings is 1. The van der Waals surface area contributed by atoms with E-state index >= 15 is 0 Å². The van der Waals surface area contributed by atoms with Crippen LogP contribution in [0.4, 0.5) is 10.5 Å². The molecular weight excluding hydrogens is 256 g/mol. The number of carbonyl (C=O) groups is 2. The lowest BCUT2D eigenvalue weighted by atomic mass is 10.2. The molecule has 106 valence electrons. The maximum atomic E-state index is 11.9. The second-order valence-electron chi connectivity index (χ2n) is 5.57. The number of anilines is 1. The SMILES string of the molecule is CC1CC1N1CC(NC(=O)Nc2cccnc2)CC1=O. The van der Waals surface area contributed by atoms with Gasteiger partial charge in [0, 0.05) is 25.2 Å². The van der Waals surface area contributed by atoms with Crippen LogP contribution in [-0.2, 0) is 4.79 Å². The Morgan fingerprint density at radius 3 is 2.95 bits per heavy atom. The molecule has 1 saturated heterocycles. The minimum atomic E-state index is -0.290. The number of amides is 3. The lowest BCUT2D eigenvalue weighted by Crippen LogP contribution is -2.40. The first kappa shape index (κ1) is 12.9. The molecule has 20 heavy (non-hydrogen) atoms. The number of hydrogen-bond donors (Lipinski definition) is 2. The van der Waals surface area contributed by atoms with Crippen molar-refractivity contribution < 1.29 is 9.59 Å². The van der Waals surface area contributed by atoms with Crippen molar-refractivity contribution in [3.05, 3.63) is 24.5 Å². The molecule has 1 aromatic rings. The van der Waals surface area contributed by atoms with Gasteiger partial charge in [0.05, 0.1) is 17.9 Å². The molecule has 3 amide bonds. The molecule has 0 spiro atoms. The molecule has 2 aliphatic rings.